The number of thioether (sulfide) groups is 1. The molecule has 1 heterocycles. The van der Waals surface area contributed by atoms with Gasteiger partial charge in [-0.1, -0.05) is 6.92 Å². The van der Waals surface area contributed by atoms with Crippen molar-refractivity contribution in [1.82, 2.24) is 10.2 Å². The first-order valence-electron chi connectivity index (χ1n) is 7.56. The third-order valence-corrected chi connectivity index (χ3v) is 5.46. The fourth-order valence-electron chi connectivity index (χ4n) is 2.99. The molecule has 1 saturated carbocycles. The van der Waals surface area contributed by atoms with Gasteiger partial charge < -0.3 is 10.2 Å². The second-order valence-electron chi connectivity index (χ2n) is 6.51. The monoisotopic (exact) mass is 298 g/mol. The molecule has 20 heavy (non-hydrogen) atoms. The Balaban J connectivity index is 2.15. The van der Waals surface area contributed by atoms with Crippen LogP contribution in [0.15, 0.2) is 0 Å². The molecule has 2 amide bonds. The van der Waals surface area contributed by atoms with E-state index in [1.165, 1.54) is 0 Å². The van der Waals surface area contributed by atoms with Crippen molar-refractivity contribution in [2.45, 2.75) is 58.0 Å². The lowest BCUT2D eigenvalue weighted by atomic mass is 9.84. The number of rotatable bonds is 6. The average molecular weight is 298 g/mol. The molecule has 2 fully saturated rings. The Morgan fingerprint density at radius 3 is 2.50 bits per heavy atom. The second-order valence-corrected chi connectivity index (χ2v) is 7.90. The molecule has 5 heteroatoms. The Kier molecular flexibility index (Phi) is 4.38. The summed E-state index contributed by atoms with van der Waals surface area (Å²) in [7, 11) is 0. The van der Waals surface area contributed by atoms with Crippen molar-refractivity contribution in [3.05, 3.63) is 0 Å². The van der Waals surface area contributed by atoms with Gasteiger partial charge in [-0.15, -0.1) is 0 Å². The van der Waals surface area contributed by atoms with E-state index in [0.29, 0.717) is 12.5 Å². The first-order valence-corrected chi connectivity index (χ1v) is 8.72. The first-order chi connectivity index (χ1) is 9.34. The van der Waals surface area contributed by atoms with E-state index in [-0.39, 0.29) is 11.8 Å². The van der Waals surface area contributed by atoms with Crippen molar-refractivity contribution in [2.75, 3.05) is 18.1 Å². The van der Waals surface area contributed by atoms with Crippen LogP contribution in [0.3, 0.4) is 0 Å². The van der Waals surface area contributed by atoms with Gasteiger partial charge in [0.25, 0.3) is 0 Å². The van der Waals surface area contributed by atoms with E-state index in [0.717, 1.165) is 30.8 Å². The largest absolute Gasteiger partial charge is 0.340 e. The molecule has 114 valence electrons. The van der Waals surface area contributed by atoms with Gasteiger partial charge in [0.1, 0.15) is 11.1 Å². The molecule has 1 saturated heterocycles. The molecule has 1 aliphatic heterocycles. The quantitative estimate of drug-likeness (QED) is 0.763. The lowest BCUT2D eigenvalue weighted by Crippen LogP contribution is -2.74. The molecule has 1 atom stereocenters. The fraction of sp³-hybridized carbons (Fsp3) is 0.867. The minimum absolute atomic E-state index is 0.0211. The summed E-state index contributed by atoms with van der Waals surface area (Å²) in [5, 5.41) is 2.91. The Morgan fingerprint density at radius 2 is 1.95 bits per heavy atom. The fourth-order valence-corrected chi connectivity index (χ4v) is 3.61. The molecule has 2 aliphatic rings. The molecule has 0 spiro atoms. The number of hydrogen-bond acceptors (Lipinski definition) is 3. The van der Waals surface area contributed by atoms with Gasteiger partial charge in [-0.2, -0.15) is 11.8 Å². The highest BCUT2D eigenvalue weighted by Crippen LogP contribution is 2.45. The second kappa shape index (κ2) is 5.58. The maximum Gasteiger partial charge on any atom is 0.248 e. The number of carbonyl (C=O) groups excluding carboxylic acids is 2. The average Bonchev–Trinajstić information content (AvgIpc) is 3.20. The third kappa shape index (κ3) is 2.69. The van der Waals surface area contributed by atoms with Crippen molar-refractivity contribution >= 4 is 23.6 Å². The molecule has 0 aromatic rings. The van der Waals surface area contributed by atoms with Crippen molar-refractivity contribution in [3.8, 4) is 0 Å². The highest BCUT2D eigenvalue weighted by atomic mass is 32.2. The van der Waals surface area contributed by atoms with E-state index in [9.17, 15) is 9.59 Å². The lowest BCUT2D eigenvalue weighted by molar-refractivity contribution is -0.162. The predicted molar refractivity (Wildman–Crippen MR) is 82.7 cm³/mol. The van der Waals surface area contributed by atoms with E-state index in [2.05, 4.69) is 12.2 Å². The molecule has 0 radical (unpaired) electrons. The van der Waals surface area contributed by atoms with E-state index in [4.69, 9.17) is 0 Å². The molecule has 0 bridgehead atoms. The van der Waals surface area contributed by atoms with Crippen LogP contribution in [0.1, 0.15) is 47.0 Å². The van der Waals surface area contributed by atoms with Crippen LogP contribution in [-0.2, 0) is 9.59 Å². The summed E-state index contributed by atoms with van der Waals surface area (Å²) in [5.74, 6) is 2.56. The maximum atomic E-state index is 12.7. The third-order valence-electron chi connectivity index (χ3n) is 4.47. The molecule has 0 aromatic carbocycles. The summed E-state index contributed by atoms with van der Waals surface area (Å²) in [5.41, 5.74) is -1.41. The standard InChI is InChI=1S/C15H26N2O2S/c1-5-20-10-6-9-17-13(19)14(2,3)16-12(18)15(17,4)11-7-8-11/h11H,5-10H2,1-4H3,(H,16,18). The summed E-state index contributed by atoms with van der Waals surface area (Å²) in [6.07, 6.45) is 3.06. The van der Waals surface area contributed by atoms with Gasteiger partial charge in [-0.25, -0.2) is 0 Å². The normalized spacial score (nSPS) is 29.5. The van der Waals surface area contributed by atoms with Crippen LogP contribution in [0.5, 0.6) is 0 Å². The molecular weight excluding hydrogens is 272 g/mol. The van der Waals surface area contributed by atoms with Gasteiger partial charge in [0.05, 0.1) is 0 Å². The molecule has 4 nitrogen and oxygen atoms in total. The van der Waals surface area contributed by atoms with Gasteiger partial charge in [0, 0.05) is 6.54 Å². The maximum absolute atomic E-state index is 12.7. The van der Waals surface area contributed by atoms with Crippen LogP contribution in [0.4, 0.5) is 0 Å². The number of carbonyl (C=O) groups is 2. The molecule has 1 N–H and O–H groups in total. The van der Waals surface area contributed by atoms with Crippen LogP contribution < -0.4 is 5.32 Å². The zero-order valence-corrected chi connectivity index (χ0v) is 13.8. The van der Waals surface area contributed by atoms with E-state index >= 15 is 0 Å². The zero-order chi connectivity index (χ0) is 15.0. The molecule has 1 unspecified atom stereocenters. The Labute approximate surface area is 126 Å². The van der Waals surface area contributed by atoms with Crippen molar-refractivity contribution < 1.29 is 9.59 Å². The number of nitrogens with zero attached hydrogens (tertiary/aromatic N) is 1. The van der Waals surface area contributed by atoms with Gasteiger partial charge >= 0.3 is 0 Å². The summed E-state index contributed by atoms with van der Waals surface area (Å²) < 4.78 is 0. The van der Waals surface area contributed by atoms with E-state index in [1.54, 1.807) is 13.8 Å². The number of hydrogen-bond donors (Lipinski definition) is 1. The lowest BCUT2D eigenvalue weighted by Gasteiger charge is -2.49. The van der Waals surface area contributed by atoms with Crippen molar-refractivity contribution in [3.63, 3.8) is 0 Å². The summed E-state index contributed by atoms with van der Waals surface area (Å²) >= 11 is 1.88. The Hall–Kier alpha value is -0.710. The summed E-state index contributed by atoms with van der Waals surface area (Å²) in [6, 6.07) is 0. The van der Waals surface area contributed by atoms with E-state index in [1.807, 2.05) is 23.6 Å². The molecular formula is C15H26N2O2S. The Bertz CT molecular complexity index is 407. The predicted octanol–water partition coefficient (Wildman–Crippen LogP) is 2.04. The van der Waals surface area contributed by atoms with Crippen LogP contribution in [0.2, 0.25) is 0 Å². The molecule has 2 rings (SSSR count). The van der Waals surface area contributed by atoms with E-state index < -0.39 is 11.1 Å². The number of nitrogens with one attached hydrogen (secondary N) is 1. The van der Waals surface area contributed by atoms with Crippen molar-refractivity contribution in [2.24, 2.45) is 5.92 Å². The summed E-state index contributed by atoms with van der Waals surface area (Å²) in [6.45, 7) is 8.37. The zero-order valence-electron chi connectivity index (χ0n) is 13.0. The van der Waals surface area contributed by atoms with Gasteiger partial charge in [0.2, 0.25) is 11.8 Å². The van der Waals surface area contributed by atoms with Crippen molar-refractivity contribution in [1.29, 1.82) is 0 Å². The SMILES string of the molecule is CCSCCCN1C(=O)C(C)(C)NC(=O)C1(C)C1CC1. The molecule has 0 aromatic heterocycles. The van der Waals surface area contributed by atoms with Gasteiger partial charge in [-0.05, 0) is 57.5 Å². The van der Waals surface area contributed by atoms with Gasteiger partial charge in [-0.3, -0.25) is 9.59 Å². The van der Waals surface area contributed by atoms with Gasteiger partial charge in [0.15, 0.2) is 0 Å². The molecule has 1 aliphatic carbocycles. The topological polar surface area (TPSA) is 49.4 Å². The summed E-state index contributed by atoms with van der Waals surface area (Å²) in [4.78, 5) is 27.1. The first kappa shape index (κ1) is 15.7. The van der Waals surface area contributed by atoms with Crippen LogP contribution >= 0.6 is 11.8 Å². The highest BCUT2D eigenvalue weighted by Gasteiger charge is 2.58. The van der Waals surface area contributed by atoms with Crippen LogP contribution in [0.25, 0.3) is 0 Å². The minimum Gasteiger partial charge on any atom is -0.340 e. The number of amides is 2. The number of piperazine rings is 1. The van der Waals surface area contributed by atoms with Crippen LogP contribution in [-0.4, -0.2) is 45.8 Å². The minimum atomic E-state index is -0.774. The highest BCUT2D eigenvalue weighted by molar-refractivity contribution is 7.99. The van der Waals surface area contributed by atoms with Crippen LogP contribution in [0, 0.1) is 5.92 Å². The smallest absolute Gasteiger partial charge is 0.248 e. The Morgan fingerprint density at radius 1 is 1.30 bits per heavy atom.